The first kappa shape index (κ1) is 39.7. The Morgan fingerprint density at radius 1 is 0.829 bits per heavy atom. The van der Waals surface area contributed by atoms with Gasteiger partial charge in [-0.3, -0.25) is 9.36 Å². The summed E-state index contributed by atoms with van der Waals surface area (Å²) in [6, 6.07) is -0.900. The molecule has 2 N–H and O–H groups in total. The molecule has 0 aromatic rings. The fourth-order valence-electron chi connectivity index (χ4n) is 3.94. The Hall–Kier alpha value is -1.28. The molecule has 0 bridgehead atoms. The van der Waals surface area contributed by atoms with Crippen molar-refractivity contribution in [2.24, 2.45) is 0 Å². The van der Waals surface area contributed by atoms with Crippen molar-refractivity contribution in [2.45, 2.75) is 122 Å². The Balaban J connectivity index is 4.60. The van der Waals surface area contributed by atoms with Crippen molar-refractivity contribution in [1.29, 1.82) is 0 Å². The van der Waals surface area contributed by atoms with Crippen molar-refractivity contribution < 1.29 is 32.9 Å². The Bertz CT molecular complexity index is 779. The highest BCUT2D eigenvalue weighted by Crippen LogP contribution is 2.38. The van der Waals surface area contributed by atoms with Crippen molar-refractivity contribution in [3.05, 3.63) is 36.5 Å². The summed E-state index contributed by atoms with van der Waals surface area (Å²) in [6.45, 7) is 4.42. The quantitative estimate of drug-likeness (QED) is 0.0476. The van der Waals surface area contributed by atoms with Gasteiger partial charge in [-0.25, -0.2) is 0 Å². The Labute approximate surface area is 251 Å². The fourth-order valence-corrected chi connectivity index (χ4v) is 4.67. The molecule has 0 fully saturated rings. The van der Waals surface area contributed by atoms with Crippen LogP contribution in [0.25, 0.3) is 0 Å². The predicted octanol–water partition coefficient (Wildman–Crippen LogP) is 6.60. The summed E-state index contributed by atoms with van der Waals surface area (Å²) in [5, 5.41) is 13.5. The number of allylic oxidation sites excluding steroid dienone is 5. The molecule has 3 unspecified atom stereocenters. The molecular weight excluding hydrogens is 539 g/mol. The summed E-state index contributed by atoms with van der Waals surface area (Å²) < 4.78 is 22.8. The highest BCUT2D eigenvalue weighted by atomic mass is 31.2. The molecule has 9 heteroatoms. The molecule has 0 heterocycles. The Kier molecular flexibility index (Phi) is 24.5. The Morgan fingerprint density at radius 2 is 1.37 bits per heavy atom. The number of hydrogen-bond donors (Lipinski definition) is 2. The van der Waals surface area contributed by atoms with Crippen LogP contribution in [-0.2, 0) is 18.4 Å². The van der Waals surface area contributed by atoms with E-state index in [4.69, 9.17) is 9.05 Å². The third-order valence-corrected chi connectivity index (χ3v) is 7.54. The van der Waals surface area contributed by atoms with E-state index in [-0.39, 0.29) is 12.5 Å². The van der Waals surface area contributed by atoms with E-state index in [2.05, 4.69) is 43.5 Å². The van der Waals surface area contributed by atoms with Gasteiger partial charge in [0.15, 0.2) is 0 Å². The molecule has 0 spiro atoms. The molecule has 0 aliphatic carbocycles. The van der Waals surface area contributed by atoms with E-state index in [1.54, 1.807) is 6.08 Å². The van der Waals surface area contributed by atoms with Gasteiger partial charge in [-0.15, -0.1) is 0 Å². The predicted molar refractivity (Wildman–Crippen MR) is 168 cm³/mol. The molecule has 0 aliphatic heterocycles. The lowest BCUT2D eigenvalue weighted by atomic mass is 10.1. The number of amides is 1. The molecule has 1 amide bonds. The molecule has 0 saturated carbocycles. The average Bonchev–Trinajstić information content (AvgIpc) is 2.90. The molecule has 8 nitrogen and oxygen atoms in total. The zero-order valence-corrected chi connectivity index (χ0v) is 27.6. The summed E-state index contributed by atoms with van der Waals surface area (Å²) in [6.07, 6.45) is 26.7. The van der Waals surface area contributed by atoms with E-state index >= 15 is 0 Å². The van der Waals surface area contributed by atoms with E-state index in [1.807, 2.05) is 27.2 Å². The van der Waals surface area contributed by atoms with Crippen molar-refractivity contribution in [1.82, 2.24) is 5.32 Å². The molecule has 0 aliphatic rings. The van der Waals surface area contributed by atoms with E-state index in [1.165, 1.54) is 38.5 Å². The number of aliphatic hydroxyl groups is 1. The van der Waals surface area contributed by atoms with Crippen LogP contribution in [0.5, 0.6) is 0 Å². The van der Waals surface area contributed by atoms with Gasteiger partial charge in [-0.2, -0.15) is 0 Å². The van der Waals surface area contributed by atoms with Crippen LogP contribution >= 0.6 is 7.82 Å². The first-order valence-corrected chi connectivity index (χ1v) is 17.3. The fraction of sp³-hybridized carbons (Fsp3) is 0.781. The summed E-state index contributed by atoms with van der Waals surface area (Å²) in [7, 11) is 1.22. The van der Waals surface area contributed by atoms with Gasteiger partial charge in [0, 0.05) is 6.42 Å². The molecule has 0 radical (unpaired) electrons. The Morgan fingerprint density at radius 3 is 1.95 bits per heavy atom. The van der Waals surface area contributed by atoms with Gasteiger partial charge in [-0.1, -0.05) is 95.2 Å². The molecular formula is C32H61N2O6P. The van der Waals surface area contributed by atoms with Gasteiger partial charge < -0.3 is 28.8 Å². The molecule has 3 atom stereocenters. The smallest absolute Gasteiger partial charge is 0.268 e. The zero-order chi connectivity index (χ0) is 30.8. The average molecular weight is 601 g/mol. The number of phosphoric ester groups is 1. The molecule has 0 aromatic carbocycles. The van der Waals surface area contributed by atoms with Crippen LogP contribution in [0.1, 0.15) is 110 Å². The van der Waals surface area contributed by atoms with Crippen molar-refractivity contribution in [3.63, 3.8) is 0 Å². The molecule has 0 aromatic heterocycles. The summed E-state index contributed by atoms with van der Waals surface area (Å²) >= 11 is 0. The minimum Gasteiger partial charge on any atom is -0.756 e. The van der Waals surface area contributed by atoms with Crippen LogP contribution in [0.2, 0.25) is 0 Å². The van der Waals surface area contributed by atoms with Gasteiger partial charge in [-0.05, 0) is 44.9 Å². The van der Waals surface area contributed by atoms with Crippen LogP contribution < -0.4 is 10.2 Å². The minimum absolute atomic E-state index is 0.00980. The van der Waals surface area contributed by atoms with E-state index < -0.39 is 26.6 Å². The summed E-state index contributed by atoms with van der Waals surface area (Å²) in [5.74, 6) is -0.234. The van der Waals surface area contributed by atoms with Crippen molar-refractivity contribution >= 4 is 13.7 Å². The largest absolute Gasteiger partial charge is 0.756 e. The highest BCUT2D eigenvalue weighted by Gasteiger charge is 2.23. The standard InChI is InChI=1S/C32H61N2O6P/c1-6-8-10-12-13-14-15-16-17-18-19-20-21-22-23-25-31(35)30(33-32(36)26-24-11-9-7-2)29-40-41(37,38)39-28-27-34(3,4)5/h15-16,19-20,23,25,30-31,35H,6-14,17-18,21-22,24,26-29H2,1-5H3,(H-,33,36,37,38)/b16-15+,20-19+,25-23+. The number of likely N-dealkylation sites (N-methyl/N-ethyl adjacent to an activating group) is 1. The third-order valence-electron chi connectivity index (χ3n) is 6.58. The van der Waals surface area contributed by atoms with E-state index in [9.17, 15) is 19.4 Å². The van der Waals surface area contributed by atoms with E-state index in [0.717, 1.165) is 51.4 Å². The molecule has 41 heavy (non-hydrogen) atoms. The zero-order valence-electron chi connectivity index (χ0n) is 26.7. The number of unbranched alkanes of at least 4 members (excludes halogenated alkanes) is 10. The summed E-state index contributed by atoms with van der Waals surface area (Å²) in [4.78, 5) is 24.7. The number of rotatable bonds is 27. The number of quaternary nitrogens is 1. The van der Waals surface area contributed by atoms with Gasteiger partial charge >= 0.3 is 0 Å². The second kappa shape index (κ2) is 25.2. The van der Waals surface area contributed by atoms with Crippen molar-refractivity contribution in [2.75, 3.05) is 40.9 Å². The van der Waals surface area contributed by atoms with Gasteiger partial charge in [0.05, 0.1) is 39.9 Å². The van der Waals surface area contributed by atoms with Crippen LogP contribution in [-0.4, -0.2) is 68.5 Å². The maximum Gasteiger partial charge on any atom is 0.268 e. The van der Waals surface area contributed by atoms with Crippen molar-refractivity contribution in [3.8, 4) is 0 Å². The number of carbonyl (C=O) groups excluding carboxylic acids is 1. The van der Waals surface area contributed by atoms with Gasteiger partial charge in [0.2, 0.25) is 5.91 Å². The van der Waals surface area contributed by atoms with E-state index in [0.29, 0.717) is 17.4 Å². The summed E-state index contributed by atoms with van der Waals surface area (Å²) in [5.41, 5.74) is 0. The number of hydrogen-bond acceptors (Lipinski definition) is 6. The first-order valence-electron chi connectivity index (χ1n) is 15.9. The number of aliphatic hydroxyl groups excluding tert-OH is 1. The normalized spacial score (nSPS) is 15.6. The highest BCUT2D eigenvalue weighted by molar-refractivity contribution is 7.45. The molecule has 0 rings (SSSR count). The van der Waals surface area contributed by atoms with Crippen LogP contribution in [0.15, 0.2) is 36.5 Å². The van der Waals surface area contributed by atoms with Crippen LogP contribution in [0, 0.1) is 0 Å². The van der Waals surface area contributed by atoms with Gasteiger partial charge in [0.1, 0.15) is 13.2 Å². The SMILES string of the molecule is CCCCCCC/C=C/CC/C=C/CC/C=C/C(O)C(COP(=O)([O-])OCC[N+](C)(C)C)NC(=O)CCCCCC. The second-order valence-electron chi connectivity index (χ2n) is 11.8. The second-order valence-corrected chi connectivity index (χ2v) is 13.2. The van der Waals surface area contributed by atoms with Crippen LogP contribution in [0.3, 0.4) is 0 Å². The first-order chi connectivity index (χ1) is 19.5. The third kappa shape index (κ3) is 27.3. The number of nitrogens with zero attached hydrogens (tertiary/aromatic N) is 1. The molecule has 0 saturated heterocycles. The maximum atomic E-state index is 12.4. The number of nitrogens with one attached hydrogen (secondary N) is 1. The van der Waals surface area contributed by atoms with Gasteiger partial charge in [0.25, 0.3) is 7.82 Å². The lowest BCUT2D eigenvalue weighted by molar-refractivity contribution is -0.870. The molecule has 240 valence electrons. The monoisotopic (exact) mass is 600 g/mol. The minimum atomic E-state index is -4.57. The number of phosphoric acid groups is 1. The lowest BCUT2D eigenvalue weighted by Gasteiger charge is -2.29. The van der Waals surface area contributed by atoms with Crippen LogP contribution in [0.4, 0.5) is 0 Å². The number of carbonyl (C=O) groups is 1. The maximum absolute atomic E-state index is 12.4. The topological polar surface area (TPSA) is 108 Å². The lowest BCUT2D eigenvalue weighted by Crippen LogP contribution is -2.45.